The Morgan fingerprint density at radius 3 is 1.56 bits per heavy atom. The van der Waals surface area contributed by atoms with Gasteiger partial charge in [0.1, 0.15) is 0 Å². The smallest absolute Gasteiger partial charge is 0.00923 e. The Morgan fingerprint density at radius 1 is 0.520 bits per heavy atom. The molecule has 0 nitrogen and oxygen atoms in total. The maximum atomic E-state index is 2.58. The molecule has 0 heteroatoms. The average molecular weight is 985 g/mol. The van der Waals surface area contributed by atoms with Crippen molar-refractivity contribution in [2.45, 2.75) is 129 Å². The van der Waals surface area contributed by atoms with E-state index in [1.54, 1.807) is 0 Å². The number of hydrogen-bond donors (Lipinski definition) is 0. The Balaban J connectivity index is 0.00000160. The molecule has 0 heterocycles. The molecular formula is C75H84. The van der Waals surface area contributed by atoms with Crippen LogP contribution in [0.4, 0.5) is 0 Å². The first-order chi connectivity index (χ1) is 35.8. The second-order valence-electron chi connectivity index (χ2n) is 21.7. The molecule has 1 unspecified atom stereocenters. The van der Waals surface area contributed by atoms with Gasteiger partial charge in [-0.3, -0.25) is 0 Å². The number of benzene rings is 9. The highest BCUT2D eigenvalue weighted by Crippen LogP contribution is 2.45. The number of rotatable bonds is 9. The van der Waals surface area contributed by atoms with Crippen LogP contribution in [0.2, 0.25) is 0 Å². The van der Waals surface area contributed by atoms with Crippen LogP contribution in [0.25, 0.3) is 111 Å². The molecule has 0 N–H and O–H groups in total. The van der Waals surface area contributed by atoms with E-state index in [1.807, 2.05) is 27.7 Å². The molecule has 0 fully saturated rings. The maximum absolute atomic E-state index is 2.58. The van der Waals surface area contributed by atoms with E-state index in [0.29, 0.717) is 5.92 Å². The third-order valence-electron chi connectivity index (χ3n) is 15.2. The van der Waals surface area contributed by atoms with Gasteiger partial charge in [0.15, 0.2) is 0 Å². The molecule has 384 valence electrons. The third kappa shape index (κ3) is 10.9. The number of hydrogen-bond acceptors (Lipinski definition) is 0. The minimum atomic E-state index is 0. The molecule has 1 aliphatic rings. The molecule has 0 bridgehead atoms. The molecule has 0 aliphatic heterocycles. The third-order valence-corrected chi connectivity index (χ3v) is 15.2. The van der Waals surface area contributed by atoms with Gasteiger partial charge in [0.05, 0.1) is 0 Å². The van der Waals surface area contributed by atoms with Gasteiger partial charge in [-0.1, -0.05) is 236 Å². The number of allylic oxidation sites excluding steroid dienone is 8. The van der Waals surface area contributed by atoms with E-state index in [1.165, 1.54) is 126 Å². The van der Waals surface area contributed by atoms with E-state index in [-0.39, 0.29) is 18.3 Å². The Morgan fingerprint density at radius 2 is 1.04 bits per heavy atom. The lowest BCUT2D eigenvalue weighted by molar-refractivity contribution is 0.314. The predicted octanol–water partition coefficient (Wildman–Crippen LogP) is 21.8. The zero-order valence-corrected chi connectivity index (χ0v) is 47.1. The summed E-state index contributed by atoms with van der Waals surface area (Å²) in [5.41, 5.74) is 14.2. The molecule has 0 radical (unpaired) electrons. The lowest BCUT2D eigenvalue weighted by Crippen LogP contribution is -2.36. The van der Waals surface area contributed by atoms with Crippen molar-refractivity contribution in [1.29, 1.82) is 0 Å². The fourth-order valence-corrected chi connectivity index (χ4v) is 11.2. The molecule has 1 aliphatic carbocycles. The van der Waals surface area contributed by atoms with Crippen LogP contribution < -0.4 is 10.4 Å². The van der Waals surface area contributed by atoms with Crippen LogP contribution in [0.15, 0.2) is 176 Å². The van der Waals surface area contributed by atoms with Gasteiger partial charge < -0.3 is 0 Å². The first-order valence-electron chi connectivity index (χ1n) is 27.8. The second kappa shape index (κ2) is 23.7. The first-order valence-corrected chi connectivity index (χ1v) is 27.8. The van der Waals surface area contributed by atoms with Crippen molar-refractivity contribution < 1.29 is 0 Å². The molecule has 0 spiro atoms. The van der Waals surface area contributed by atoms with Crippen LogP contribution in [0.3, 0.4) is 0 Å². The highest BCUT2D eigenvalue weighted by molar-refractivity contribution is 6.24. The quantitative estimate of drug-likeness (QED) is 0.0999. The summed E-state index contributed by atoms with van der Waals surface area (Å²) in [7, 11) is 0. The van der Waals surface area contributed by atoms with Crippen LogP contribution in [0, 0.1) is 11.3 Å². The molecule has 1 atom stereocenters. The largest absolute Gasteiger partial charge is 0.0871 e. The van der Waals surface area contributed by atoms with Crippen LogP contribution in [-0.2, 0) is 5.41 Å². The molecule has 0 amide bonds. The van der Waals surface area contributed by atoms with Gasteiger partial charge in [-0.15, -0.1) is 0 Å². The van der Waals surface area contributed by atoms with Crippen molar-refractivity contribution in [2.24, 2.45) is 11.3 Å². The van der Waals surface area contributed by atoms with Crippen molar-refractivity contribution in [3.05, 3.63) is 203 Å². The monoisotopic (exact) mass is 985 g/mol. The van der Waals surface area contributed by atoms with Gasteiger partial charge in [-0.25, -0.2) is 0 Å². The summed E-state index contributed by atoms with van der Waals surface area (Å²) in [5, 5.41) is 15.7. The first kappa shape index (κ1) is 55.7. The Labute approximate surface area is 451 Å². The normalized spacial score (nSPS) is 14.1. The Bertz CT molecular complexity index is 3760. The SMILES string of the molecule is C.C/C=C\C(=C/C)c1cc2c(cc(-c3ccccc3)c3cc(-c4ccc5c(c4)c(-c4ccccc4)cc4c6ccc(C(C)(C)C)cc6c(/C(=C/C=C\CC)CC)cc54)ccc32)c2c1=CC(C(C)(C)C)CC=2.CC.CC. The van der Waals surface area contributed by atoms with E-state index in [9.17, 15) is 0 Å². The summed E-state index contributed by atoms with van der Waals surface area (Å²) in [5.74, 6) is 0.459. The Hall–Kier alpha value is -7.02. The zero-order valence-electron chi connectivity index (χ0n) is 47.1. The van der Waals surface area contributed by atoms with E-state index in [0.717, 1.165) is 19.3 Å². The summed E-state index contributed by atoms with van der Waals surface area (Å²) in [6.07, 6.45) is 21.7. The lowest BCUT2D eigenvalue weighted by Gasteiger charge is -2.29. The van der Waals surface area contributed by atoms with Gasteiger partial charge in [0.2, 0.25) is 0 Å². The van der Waals surface area contributed by atoms with Crippen molar-refractivity contribution in [2.75, 3.05) is 0 Å². The molecular weight excluding hydrogens is 901 g/mol. The van der Waals surface area contributed by atoms with Crippen molar-refractivity contribution in [3.8, 4) is 33.4 Å². The molecule has 75 heavy (non-hydrogen) atoms. The minimum absolute atomic E-state index is 0. The fourth-order valence-electron chi connectivity index (χ4n) is 11.2. The van der Waals surface area contributed by atoms with Gasteiger partial charge in [-0.05, 0) is 218 Å². The fraction of sp³-hybridized carbons (Fsp3) is 0.280. The molecule has 0 saturated carbocycles. The second-order valence-corrected chi connectivity index (χ2v) is 21.7. The Kier molecular flexibility index (Phi) is 17.6. The van der Waals surface area contributed by atoms with E-state index >= 15 is 0 Å². The van der Waals surface area contributed by atoms with Gasteiger partial charge in [0.25, 0.3) is 0 Å². The average Bonchev–Trinajstić information content (AvgIpc) is 3.43. The summed E-state index contributed by atoms with van der Waals surface area (Å²) < 4.78 is 0. The predicted molar refractivity (Wildman–Crippen MR) is 340 cm³/mol. The summed E-state index contributed by atoms with van der Waals surface area (Å²) in [6, 6.07) is 53.7. The van der Waals surface area contributed by atoms with E-state index in [4.69, 9.17) is 0 Å². The topological polar surface area (TPSA) is 0 Å². The van der Waals surface area contributed by atoms with Crippen LogP contribution >= 0.6 is 0 Å². The molecule has 9 aromatic rings. The van der Waals surface area contributed by atoms with Crippen molar-refractivity contribution in [1.82, 2.24) is 0 Å². The zero-order chi connectivity index (χ0) is 52.9. The summed E-state index contributed by atoms with van der Waals surface area (Å²) in [6.45, 7) is 30.9. The highest BCUT2D eigenvalue weighted by Gasteiger charge is 2.25. The van der Waals surface area contributed by atoms with Crippen LogP contribution in [0.1, 0.15) is 140 Å². The summed E-state index contributed by atoms with van der Waals surface area (Å²) in [4.78, 5) is 0. The molecule has 9 aromatic carbocycles. The number of fused-ring (bicyclic) bond motifs is 10. The lowest BCUT2D eigenvalue weighted by atomic mass is 9.75. The van der Waals surface area contributed by atoms with Gasteiger partial charge in [0, 0.05) is 0 Å². The standard InChI is InChI=1S/C70H68.2C2H6.CH4/c1-11-15-18-24-46(14-4)58-42-66-54-34-30-50(38-62(54)60(48-27-21-17-22-28-48)44-68(66)56-36-32-52(40-64(56)58)70(8,9)10)49-29-33-53-61(37-49)59(47-25-19-16-20-26-47)43-67-55-35-31-51(69(5,6)7)39-63(55)57(41-65(53)67)45(13-3)23-12-2;2*1-2;/h12-13,15-30,32-44,51H,11,14,31H2,1-10H3;2*1-2H3;1H4/b18-15-,23-12-,45-13+,46-24+;;;. The highest BCUT2D eigenvalue weighted by atomic mass is 14.3. The van der Waals surface area contributed by atoms with Crippen LogP contribution in [0.5, 0.6) is 0 Å². The molecule has 10 rings (SSSR count). The van der Waals surface area contributed by atoms with Gasteiger partial charge in [-0.2, -0.15) is 0 Å². The van der Waals surface area contributed by atoms with E-state index in [2.05, 4.69) is 257 Å². The minimum Gasteiger partial charge on any atom is -0.0871 e. The van der Waals surface area contributed by atoms with Crippen molar-refractivity contribution >= 4 is 77.2 Å². The van der Waals surface area contributed by atoms with Gasteiger partial charge >= 0.3 is 0 Å². The van der Waals surface area contributed by atoms with Crippen LogP contribution in [-0.4, -0.2) is 0 Å². The maximum Gasteiger partial charge on any atom is -0.00923 e. The molecule has 0 aromatic heterocycles. The van der Waals surface area contributed by atoms with Crippen molar-refractivity contribution in [3.63, 3.8) is 0 Å². The molecule has 0 saturated heterocycles. The van der Waals surface area contributed by atoms with E-state index < -0.39 is 0 Å². The summed E-state index contributed by atoms with van der Waals surface area (Å²) >= 11 is 0.